The average Bonchev–Trinajstić information content (AvgIpc) is 2.34. The number of hydrogen-bond acceptors (Lipinski definition) is 7. The van der Waals surface area contributed by atoms with Crippen LogP contribution >= 0.6 is 0 Å². The first-order valence-corrected chi connectivity index (χ1v) is 8.14. The first kappa shape index (κ1) is 15.5. The first-order chi connectivity index (χ1) is 9.54. The van der Waals surface area contributed by atoms with Crippen LogP contribution in [0.2, 0.25) is 0 Å². The molecule has 0 aromatic heterocycles. The second-order valence-electron chi connectivity index (χ2n) is 4.11. The minimum absolute atomic E-state index is 0.0253. The van der Waals surface area contributed by atoms with Crippen molar-refractivity contribution in [2.75, 3.05) is 5.43 Å². The molecule has 0 saturated carbocycles. The van der Waals surface area contributed by atoms with E-state index in [1.54, 1.807) is 0 Å². The first-order valence-electron chi connectivity index (χ1n) is 5.26. The summed E-state index contributed by atoms with van der Waals surface area (Å²) in [5.74, 6) is 4.67. The largest absolute Gasteiger partial charge is 0.507 e. The highest BCUT2D eigenvalue weighted by atomic mass is 32.2. The van der Waals surface area contributed by atoms with Crippen molar-refractivity contribution in [2.45, 2.75) is 9.79 Å². The van der Waals surface area contributed by atoms with Crippen LogP contribution in [-0.2, 0) is 20.2 Å². The molecule has 0 fully saturated rings. The van der Waals surface area contributed by atoms with E-state index in [2.05, 4.69) is 5.43 Å². The van der Waals surface area contributed by atoms with E-state index in [0.717, 1.165) is 24.3 Å². The minimum Gasteiger partial charge on any atom is -0.507 e. The molecule has 0 aliphatic carbocycles. The molecule has 0 spiro atoms. The fourth-order valence-corrected chi connectivity index (χ4v) is 2.93. The quantitative estimate of drug-likeness (QED) is 0.301. The molecule has 0 radical (unpaired) electrons. The summed E-state index contributed by atoms with van der Waals surface area (Å²) in [5, 5.41) is 9.80. The minimum atomic E-state index is -4.61. The predicted molar refractivity (Wildman–Crippen MR) is 73.1 cm³/mol. The van der Waals surface area contributed by atoms with Crippen LogP contribution in [0.25, 0.3) is 10.8 Å². The monoisotopic (exact) mass is 334 g/mol. The number of hydrazine groups is 1. The van der Waals surface area contributed by atoms with Crippen LogP contribution in [0.4, 0.5) is 5.69 Å². The Morgan fingerprint density at radius 1 is 0.905 bits per heavy atom. The summed E-state index contributed by atoms with van der Waals surface area (Å²) >= 11 is 0. The van der Waals surface area contributed by atoms with Crippen molar-refractivity contribution in [3.05, 3.63) is 24.3 Å². The van der Waals surface area contributed by atoms with Gasteiger partial charge in [0.25, 0.3) is 20.2 Å². The van der Waals surface area contributed by atoms with Gasteiger partial charge in [-0.15, -0.1) is 0 Å². The van der Waals surface area contributed by atoms with Gasteiger partial charge in [0.05, 0.1) is 15.5 Å². The number of nitrogens with two attached hydrogens (primary N) is 1. The lowest BCUT2D eigenvalue weighted by Gasteiger charge is -2.11. The molecule has 9 nitrogen and oxygen atoms in total. The molecule has 0 saturated heterocycles. The molecule has 0 atom stereocenters. The highest BCUT2D eigenvalue weighted by Crippen LogP contribution is 2.36. The van der Waals surface area contributed by atoms with E-state index in [1.807, 2.05) is 0 Å². The van der Waals surface area contributed by atoms with Gasteiger partial charge in [0.2, 0.25) is 0 Å². The zero-order chi connectivity index (χ0) is 16.0. The van der Waals surface area contributed by atoms with Crippen molar-refractivity contribution in [3.8, 4) is 5.75 Å². The van der Waals surface area contributed by atoms with Gasteiger partial charge < -0.3 is 10.5 Å². The number of phenolic OH excluding ortho intramolecular Hbond substituents is 1. The summed E-state index contributed by atoms with van der Waals surface area (Å²) in [4.78, 5) is -1.20. The predicted octanol–water partition coefficient (Wildman–Crippen LogP) is 0.324. The van der Waals surface area contributed by atoms with Gasteiger partial charge in [-0.05, 0) is 23.6 Å². The molecule has 11 heteroatoms. The number of hydrogen-bond donors (Lipinski definition) is 5. The zero-order valence-electron chi connectivity index (χ0n) is 10.2. The normalized spacial score (nSPS) is 12.5. The maximum atomic E-state index is 11.2. The third kappa shape index (κ3) is 2.91. The number of aromatic hydroxyl groups is 1. The van der Waals surface area contributed by atoms with Gasteiger partial charge in [0, 0.05) is 11.5 Å². The van der Waals surface area contributed by atoms with Crippen LogP contribution < -0.4 is 11.3 Å². The number of nitrogens with one attached hydrogen (secondary N) is 1. The average molecular weight is 334 g/mol. The van der Waals surface area contributed by atoms with Gasteiger partial charge in [-0.2, -0.15) is 16.8 Å². The maximum Gasteiger partial charge on any atom is 0.294 e. The molecule has 0 unspecified atom stereocenters. The van der Waals surface area contributed by atoms with Crippen molar-refractivity contribution in [1.29, 1.82) is 0 Å². The summed E-state index contributed by atoms with van der Waals surface area (Å²) in [6.07, 6.45) is 0. The molecule has 2 aromatic carbocycles. The topological polar surface area (TPSA) is 167 Å². The highest BCUT2D eigenvalue weighted by molar-refractivity contribution is 7.86. The lowest BCUT2D eigenvalue weighted by Crippen LogP contribution is -2.09. The van der Waals surface area contributed by atoms with E-state index in [4.69, 9.17) is 14.9 Å². The molecule has 0 aliphatic heterocycles. The van der Waals surface area contributed by atoms with Crippen LogP contribution in [-0.4, -0.2) is 31.0 Å². The van der Waals surface area contributed by atoms with Crippen molar-refractivity contribution in [1.82, 2.24) is 0 Å². The second kappa shape index (κ2) is 4.82. The summed E-state index contributed by atoms with van der Waals surface area (Å²) < 4.78 is 62.6. The molecular formula is C10H10N2O7S2. The standard InChI is InChI=1S/C10H10N2O7S2/c11-12-8-3-6(20(14,15)16)1-5-2-7(21(17,18)19)4-9(13)10(5)8/h1-4,12-13H,11H2,(H,14,15,16)(H,17,18,19). The number of fused-ring (bicyclic) bond motifs is 1. The van der Waals surface area contributed by atoms with E-state index >= 15 is 0 Å². The van der Waals surface area contributed by atoms with Crippen molar-refractivity contribution in [2.24, 2.45) is 5.84 Å². The van der Waals surface area contributed by atoms with Gasteiger partial charge in [-0.1, -0.05) is 0 Å². The van der Waals surface area contributed by atoms with Crippen LogP contribution in [0.15, 0.2) is 34.1 Å². The molecule has 2 aromatic rings. The number of rotatable bonds is 3. The van der Waals surface area contributed by atoms with E-state index < -0.39 is 35.8 Å². The van der Waals surface area contributed by atoms with E-state index in [1.165, 1.54) is 0 Å². The number of nitrogen functional groups attached to an aromatic ring is 1. The van der Waals surface area contributed by atoms with Crippen molar-refractivity contribution >= 4 is 36.7 Å². The molecule has 6 N–H and O–H groups in total. The van der Waals surface area contributed by atoms with Crippen LogP contribution in [0, 0.1) is 0 Å². The summed E-state index contributed by atoms with van der Waals surface area (Å²) in [6, 6.07) is 3.61. The third-order valence-electron chi connectivity index (χ3n) is 2.73. The number of anilines is 1. The van der Waals surface area contributed by atoms with Gasteiger partial charge in [0.15, 0.2) is 0 Å². The molecule has 21 heavy (non-hydrogen) atoms. The number of benzene rings is 2. The Morgan fingerprint density at radius 2 is 1.38 bits per heavy atom. The molecule has 0 amide bonds. The Balaban J connectivity index is 2.97. The fourth-order valence-electron chi connectivity index (χ4n) is 1.85. The van der Waals surface area contributed by atoms with Crippen LogP contribution in [0.1, 0.15) is 0 Å². The molecule has 0 bridgehead atoms. The molecule has 0 aliphatic rings. The van der Waals surface area contributed by atoms with Crippen molar-refractivity contribution < 1.29 is 31.0 Å². The Kier molecular flexibility index (Phi) is 3.55. The van der Waals surface area contributed by atoms with Gasteiger partial charge in [-0.25, -0.2) is 0 Å². The smallest absolute Gasteiger partial charge is 0.294 e. The summed E-state index contributed by atoms with van der Waals surface area (Å²) in [5.41, 5.74) is 2.08. The lowest BCUT2D eigenvalue weighted by atomic mass is 10.1. The molecule has 0 heterocycles. The molecule has 2 rings (SSSR count). The van der Waals surface area contributed by atoms with E-state index in [9.17, 15) is 21.9 Å². The fraction of sp³-hybridized carbons (Fsp3) is 0. The van der Waals surface area contributed by atoms with Crippen molar-refractivity contribution in [3.63, 3.8) is 0 Å². The lowest BCUT2D eigenvalue weighted by molar-refractivity contribution is 0.471. The highest BCUT2D eigenvalue weighted by Gasteiger charge is 2.19. The Bertz CT molecular complexity index is 930. The van der Waals surface area contributed by atoms with Crippen LogP contribution in [0.3, 0.4) is 0 Å². The van der Waals surface area contributed by atoms with Crippen LogP contribution in [0.5, 0.6) is 5.75 Å². The third-order valence-corrected chi connectivity index (χ3v) is 4.39. The zero-order valence-corrected chi connectivity index (χ0v) is 11.8. The van der Waals surface area contributed by atoms with E-state index in [0.29, 0.717) is 0 Å². The van der Waals surface area contributed by atoms with E-state index in [-0.39, 0.29) is 16.5 Å². The molecule has 114 valence electrons. The maximum absolute atomic E-state index is 11.2. The Hall–Kier alpha value is -1.92. The van der Waals surface area contributed by atoms with Gasteiger partial charge >= 0.3 is 0 Å². The van der Waals surface area contributed by atoms with Gasteiger partial charge in [-0.3, -0.25) is 14.9 Å². The second-order valence-corrected chi connectivity index (χ2v) is 6.95. The SMILES string of the molecule is NNc1cc(S(=O)(=O)O)cc2cc(S(=O)(=O)O)cc(O)c12. The number of phenols is 1. The Labute approximate surface area is 119 Å². The Morgan fingerprint density at radius 3 is 1.81 bits per heavy atom. The summed E-state index contributed by atoms with van der Waals surface area (Å²) in [6.45, 7) is 0. The van der Waals surface area contributed by atoms with Gasteiger partial charge in [0.1, 0.15) is 5.75 Å². The summed E-state index contributed by atoms with van der Waals surface area (Å²) in [7, 11) is -9.19. The molecular weight excluding hydrogens is 324 g/mol.